The largest absolute Gasteiger partial charge is 1.00 e. The maximum absolute atomic E-state index is 9.90. The van der Waals surface area contributed by atoms with Gasteiger partial charge in [-0.1, -0.05) is 0 Å². The van der Waals surface area contributed by atoms with Gasteiger partial charge in [-0.2, -0.15) is 12.6 Å². The molecule has 11 heavy (non-hydrogen) atoms. The van der Waals surface area contributed by atoms with Crippen LogP contribution >= 0.6 is 12.6 Å². The van der Waals surface area contributed by atoms with Crippen LogP contribution in [0.15, 0.2) is 0 Å². The van der Waals surface area contributed by atoms with Gasteiger partial charge in [-0.3, -0.25) is 9.59 Å². The van der Waals surface area contributed by atoms with Gasteiger partial charge in [0.1, 0.15) is 5.25 Å². The number of thiol groups is 1. The molecule has 0 aliphatic heterocycles. The summed E-state index contributed by atoms with van der Waals surface area (Å²) < 4.78 is 0. The third kappa shape index (κ3) is 10.7. The molecule has 0 aromatic heterocycles. The van der Waals surface area contributed by atoms with Gasteiger partial charge >= 0.3 is 30.8 Å². The standard InChI is InChI=1S/C4H6O4S.Li.Sb/c5-3(6)1-2(9)4(7)8;;/h2,9H,1H2,(H,5,6)(H,7,8);;/q;+1;. The van der Waals surface area contributed by atoms with Gasteiger partial charge in [0.05, 0.1) is 6.42 Å². The van der Waals surface area contributed by atoms with Crippen LogP contribution in [0.1, 0.15) is 6.42 Å². The fraction of sp³-hybridized carbons (Fsp3) is 0.500. The Balaban J connectivity index is -0.000000320. The average molecular weight is 279 g/mol. The minimum Gasteiger partial charge on any atom is -0.481 e. The van der Waals surface area contributed by atoms with Crippen LogP contribution in [-0.2, 0) is 9.59 Å². The molecule has 0 aliphatic carbocycles. The number of carboxylic acids is 2. The predicted octanol–water partition coefficient (Wildman–Crippen LogP) is -3.53. The molecule has 0 aromatic carbocycles. The van der Waals surface area contributed by atoms with E-state index >= 15 is 0 Å². The first kappa shape index (κ1) is 17.7. The third-order valence-corrected chi connectivity index (χ3v) is 1.06. The van der Waals surface area contributed by atoms with Gasteiger partial charge in [0.2, 0.25) is 0 Å². The van der Waals surface area contributed by atoms with Crippen LogP contribution in [0.3, 0.4) is 0 Å². The molecule has 0 aromatic rings. The van der Waals surface area contributed by atoms with Crippen LogP contribution in [0.4, 0.5) is 0 Å². The first-order chi connectivity index (χ1) is 4.04. The van der Waals surface area contributed by atoms with Gasteiger partial charge < -0.3 is 10.2 Å². The van der Waals surface area contributed by atoms with Gasteiger partial charge in [0, 0.05) is 24.4 Å². The molecule has 0 fully saturated rings. The van der Waals surface area contributed by atoms with Gasteiger partial charge in [0.15, 0.2) is 0 Å². The van der Waals surface area contributed by atoms with Crippen molar-refractivity contribution in [1.82, 2.24) is 0 Å². The quantitative estimate of drug-likeness (QED) is 0.369. The number of carbonyl (C=O) groups is 2. The van der Waals surface area contributed by atoms with E-state index in [1.54, 1.807) is 0 Å². The molecular formula is C4H6LiO4SSb+. The maximum Gasteiger partial charge on any atom is 1.00 e. The van der Waals surface area contributed by atoms with Crippen molar-refractivity contribution >= 4 is 49.0 Å². The molecule has 57 valence electrons. The fourth-order valence-corrected chi connectivity index (χ4v) is 0.409. The van der Waals surface area contributed by atoms with Crippen LogP contribution in [0.2, 0.25) is 0 Å². The Hall–Kier alpha value is 0.706. The van der Waals surface area contributed by atoms with Crippen LogP contribution in [0.25, 0.3) is 0 Å². The monoisotopic (exact) mass is 278 g/mol. The zero-order valence-electron chi connectivity index (χ0n) is 5.89. The molecule has 7 heteroatoms. The molecular weight excluding hydrogens is 273 g/mol. The number of hydrogen-bond donors (Lipinski definition) is 3. The molecule has 1 atom stereocenters. The minimum atomic E-state index is -1.21. The third-order valence-electron chi connectivity index (χ3n) is 0.653. The first-order valence-corrected chi connectivity index (χ1v) is 2.68. The summed E-state index contributed by atoms with van der Waals surface area (Å²) in [6, 6.07) is 0. The number of hydrogen-bond acceptors (Lipinski definition) is 3. The van der Waals surface area contributed by atoms with Gasteiger partial charge in [-0.05, 0) is 0 Å². The summed E-state index contributed by atoms with van der Waals surface area (Å²) in [5.74, 6) is -2.36. The fourth-order valence-electron chi connectivity index (χ4n) is 0.253. The molecule has 0 bridgehead atoms. The van der Waals surface area contributed by atoms with Crippen molar-refractivity contribution in [3.8, 4) is 0 Å². The Morgan fingerprint density at radius 2 is 1.73 bits per heavy atom. The summed E-state index contributed by atoms with van der Waals surface area (Å²) in [6.45, 7) is 0. The van der Waals surface area contributed by atoms with E-state index in [2.05, 4.69) is 12.6 Å². The van der Waals surface area contributed by atoms with E-state index in [0.717, 1.165) is 0 Å². The van der Waals surface area contributed by atoms with E-state index in [1.807, 2.05) is 0 Å². The second-order valence-corrected chi connectivity index (χ2v) is 2.08. The topological polar surface area (TPSA) is 74.6 Å². The Morgan fingerprint density at radius 3 is 1.82 bits per heavy atom. The number of carboxylic acid groups (broad SMARTS) is 2. The average Bonchev–Trinajstić information content (AvgIpc) is 1.63. The first-order valence-electron chi connectivity index (χ1n) is 2.16. The zero-order valence-corrected chi connectivity index (χ0v) is 9.34. The minimum absolute atomic E-state index is 0. The summed E-state index contributed by atoms with van der Waals surface area (Å²) in [6.07, 6.45) is -0.446. The molecule has 0 amide bonds. The summed E-state index contributed by atoms with van der Waals surface area (Å²) >= 11 is 3.48. The van der Waals surface area contributed by atoms with Crippen molar-refractivity contribution in [3.63, 3.8) is 0 Å². The molecule has 0 aliphatic rings. The Labute approximate surface area is 98.8 Å². The molecule has 0 saturated carbocycles. The van der Waals surface area contributed by atoms with Crippen LogP contribution in [0, 0.1) is 0 Å². The Morgan fingerprint density at radius 1 is 1.36 bits per heavy atom. The normalized spacial score (nSPS) is 10.3. The molecule has 0 heterocycles. The summed E-state index contributed by atoms with van der Waals surface area (Å²) in [4.78, 5) is 19.7. The SMILES string of the molecule is O=C(O)CC(S)C(=O)O.[Li+].[Sb]. The van der Waals surface area contributed by atoms with E-state index in [9.17, 15) is 9.59 Å². The smallest absolute Gasteiger partial charge is 0.481 e. The molecule has 2 N–H and O–H groups in total. The van der Waals surface area contributed by atoms with Crippen LogP contribution in [0.5, 0.6) is 0 Å². The van der Waals surface area contributed by atoms with E-state index in [4.69, 9.17) is 10.2 Å². The summed E-state index contributed by atoms with van der Waals surface area (Å²) in [7, 11) is 0. The second kappa shape index (κ2) is 8.80. The second-order valence-electron chi connectivity index (χ2n) is 1.45. The van der Waals surface area contributed by atoms with E-state index in [-0.39, 0.29) is 43.3 Å². The Bertz CT molecular complexity index is 142. The zero-order chi connectivity index (χ0) is 7.44. The molecule has 0 rings (SSSR count). The van der Waals surface area contributed by atoms with Gasteiger partial charge in [0.25, 0.3) is 0 Å². The maximum atomic E-state index is 9.90. The number of aliphatic carboxylic acids is 2. The van der Waals surface area contributed by atoms with E-state index in [1.165, 1.54) is 0 Å². The van der Waals surface area contributed by atoms with Crippen molar-refractivity contribution in [2.45, 2.75) is 11.7 Å². The van der Waals surface area contributed by atoms with Crippen molar-refractivity contribution in [1.29, 1.82) is 0 Å². The molecule has 3 radical (unpaired) electrons. The van der Waals surface area contributed by atoms with Crippen LogP contribution < -0.4 is 18.9 Å². The summed E-state index contributed by atoms with van der Waals surface area (Å²) in [5, 5.41) is 15.0. The van der Waals surface area contributed by atoms with E-state index in [0.29, 0.717) is 0 Å². The summed E-state index contributed by atoms with van der Waals surface area (Å²) in [5.41, 5.74) is 0. The molecule has 4 nitrogen and oxygen atoms in total. The van der Waals surface area contributed by atoms with Crippen molar-refractivity contribution < 1.29 is 38.7 Å². The molecule has 0 spiro atoms. The van der Waals surface area contributed by atoms with Gasteiger partial charge in [-0.15, -0.1) is 0 Å². The molecule has 1 unspecified atom stereocenters. The van der Waals surface area contributed by atoms with Crippen molar-refractivity contribution in [3.05, 3.63) is 0 Å². The van der Waals surface area contributed by atoms with Crippen LogP contribution in [-0.4, -0.2) is 51.8 Å². The number of rotatable bonds is 3. The van der Waals surface area contributed by atoms with Gasteiger partial charge in [-0.25, -0.2) is 0 Å². The van der Waals surface area contributed by atoms with Crippen molar-refractivity contribution in [2.75, 3.05) is 0 Å². The Kier molecular flexibility index (Phi) is 14.2. The van der Waals surface area contributed by atoms with E-state index < -0.39 is 23.6 Å². The van der Waals surface area contributed by atoms with Crippen molar-refractivity contribution in [2.24, 2.45) is 0 Å². The molecule has 0 saturated heterocycles. The predicted molar refractivity (Wildman–Crippen MR) is 38.4 cm³/mol.